The highest BCUT2D eigenvalue weighted by Gasteiger charge is 2.21. The second-order valence-corrected chi connectivity index (χ2v) is 6.18. The minimum Gasteiger partial charge on any atom is -0.443 e. The molecule has 0 bridgehead atoms. The molecule has 0 unspecified atom stereocenters. The van der Waals surface area contributed by atoms with Crippen molar-refractivity contribution in [1.82, 2.24) is 0 Å². The van der Waals surface area contributed by atoms with Crippen LogP contribution in [0.5, 0.6) is 0 Å². The van der Waals surface area contributed by atoms with Crippen LogP contribution in [-0.2, 0) is 4.74 Å². The van der Waals surface area contributed by atoms with Gasteiger partial charge in [0.25, 0.3) is 0 Å². The summed E-state index contributed by atoms with van der Waals surface area (Å²) in [6, 6.07) is 15.6. The quantitative estimate of drug-likeness (QED) is 0.841. The Morgan fingerprint density at radius 1 is 1.05 bits per heavy atom. The SMILES string of the molecule is CN(C(=O)OC(C)(C)C)c1ccc(-c2ccccc2)cc1N. The summed E-state index contributed by atoms with van der Waals surface area (Å²) in [5.41, 5.74) is 8.84. The maximum atomic E-state index is 12.1. The molecule has 0 fully saturated rings. The lowest BCUT2D eigenvalue weighted by atomic mass is 10.0. The molecule has 0 saturated heterocycles. The maximum absolute atomic E-state index is 12.1. The number of rotatable bonds is 2. The molecule has 0 heterocycles. The molecule has 1 amide bonds. The van der Waals surface area contributed by atoms with Crippen LogP contribution >= 0.6 is 0 Å². The van der Waals surface area contributed by atoms with Crippen molar-refractivity contribution in [2.75, 3.05) is 17.7 Å². The predicted octanol–water partition coefficient (Wildman–Crippen LogP) is 4.31. The molecule has 0 aliphatic carbocycles. The van der Waals surface area contributed by atoms with E-state index in [1.165, 1.54) is 4.90 Å². The van der Waals surface area contributed by atoms with Gasteiger partial charge in [0.1, 0.15) is 5.60 Å². The van der Waals surface area contributed by atoms with Gasteiger partial charge in [0.2, 0.25) is 0 Å². The van der Waals surface area contributed by atoms with Crippen LogP contribution in [-0.4, -0.2) is 18.7 Å². The van der Waals surface area contributed by atoms with Crippen LogP contribution in [0.4, 0.5) is 16.2 Å². The zero-order valence-electron chi connectivity index (χ0n) is 13.5. The van der Waals surface area contributed by atoms with Crippen molar-refractivity contribution in [3.8, 4) is 11.1 Å². The monoisotopic (exact) mass is 298 g/mol. The van der Waals surface area contributed by atoms with Gasteiger partial charge >= 0.3 is 6.09 Å². The molecule has 4 nitrogen and oxygen atoms in total. The van der Waals surface area contributed by atoms with Crippen LogP contribution in [0.15, 0.2) is 48.5 Å². The number of benzene rings is 2. The molecule has 2 rings (SSSR count). The number of carbonyl (C=O) groups excluding carboxylic acids is 1. The van der Waals surface area contributed by atoms with Gasteiger partial charge in [0.15, 0.2) is 0 Å². The molecule has 22 heavy (non-hydrogen) atoms. The molecule has 0 radical (unpaired) electrons. The van der Waals surface area contributed by atoms with E-state index in [0.717, 1.165) is 11.1 Å². The van der Waals surface area contributed by atoms with Crippen molar-refractivity contribution >= 4 is 17.5 Å². The number of nitrogen functional groups attached to an aromatic ring is 1. The van der Waals surface area contributed by atoms with E-state index < -0.39 is 11.7 Å². The fourth-order valence-corrected chi connectivity index (χ4v) is 2.10. The van der Waals surface area contributed by atoms with Crippen molar-refractivity contribution < 1.29 is 9.53 Å². The van der Waals surface area contributed by atoms with E-state index in [0.29, 0.717) is 11.4 Å². The summed E-state index contributed by atoms with van der Waals surface area (Å²) < 4.78 is 5.36. The summed E-state index contributed by atoms with van der Waals surface area (Å²) >= 11 is 0. The summed E-state index contributed by atoms with van der Waals surface area (Å²) in [5, 5.41) is 0. The Hall–Kier alpha value is -2.49. The van der Waals surface area contributed by atoms with Gasteiger partial charge in [-0.2, -0.15) is 0 Å². The molecule has 0 atom stereocenters. The third-order valence-electron chi connectivity index (χ3n) is 3.16. The topological polar surface area (TPSA) is 55.6 Å². The van der Waals surface area contributed by atoms with Crippen LogP contribution in [0.25, 0.3) is 11.1 Å². The summed E-state index contributed by atoms with van der Waals surface area (Å²) in [7, 11) is 1.65. The summed E-state index contributed by atoms with van der Waals surface area (Å²) in [5.74, 6) is 0. The molecule has 2 N–H and O–H groups in total. The summed E-state index contributed by atoms with van der Waals surface area (Å²) in [6.07, 6.45) is -0.424. The van der Waals surface area contributed by atoms with Gasteiger partial charge in [0.05, 0.1) is 11.4 Å². The zero-order valence-corrected chi connectivity index (χ0v) is 13.5. The lowest BCUT2D eigenvalue weighted by molar-refractivity contribution is 0.0589. The number of carbonyl (C=O) groups is 1. The van der Waals surface area contributed by atoms with Crippen LogP contribution < -0.4 is 10.6 Å². The van der Waals surface area contributed by atoms with Crippen molar-refractivity contribution in [2.24, 2.45) is 0 Å². The largest absolute Gasteiger partial charge is 0.443 e. The summed E-state index contributed by atoms with van der Waals surface area (Å²) in [6.45, 7) is 5.50. The fourth-order valence-electron chi connectivity index (χ4n) is 2.10. The smallest absolute Gasteiger partial charge is 0.414 e. The number of ether oxygens (including phenoxy) is 1. The number of hydrogen-bond acceptors (Lipinski definition) is 3. The Kier molecular flexibility index (Phi) is 4.40. The van der Waals surface area contributed by atoms with Crippen LogP contribution in [0, 0.1) is 0 Å². The Bertz CT molecular complexity index is 661. The number of amides is 1. The zero-order chi connectivity index (χ0) is 16.3. The Morgan fingerprint density at radius 2 is 1.68 bits per heavy atom. The van der Waals surface area contributed by atoms with Crippen LogP contribution in [0.1, 0.15) is 20.8 Å². The van der Waals surface area contributed by atoms with E-state index in [-0.39, 0.29) is 0 Å². The van der Waals surface area contributed by atoms with E-state index >= 15 is 0 Å². The van der Waals surface area contributed by atoms with Crippen molar-refractivity contribution in [3.05, 3.63) is 48.5 Å². The fraction of sp³-hybridized carbons (Fsp3) is 0.278. The molecule has 0 aliphatic heterocycles. The molecular formula is C18H22N2O2. The summed E-state index contributed by atoms with van der Waals surface area (Å²) in [4.78, 5) is 13.5. The highest BCUT2D eigenvalue weighted by Crippen LogP contribution is 2.29. The second-order valence-electron chi connectivity index (χ2n) is 6.18. The number of anilines is 2. The lowest BCUT2D eigenvalue weighted by Crippen LogP contribution is -2.34. The van der Waals surface area contributed by atoms with E-state index in [9.17, 15) is 4.79 Å². The molecule has 0 spiro atoms. The first-order valence-corrected chi connectivity index (χ1v) is 7.19. The third kappa shape index (κ3) is 3.79. The van der Waals surface area contributed by atoms with E-state index in [1.807, 2.05) is 69.3 Å². The standard InChI is InChI=1S/C18H22N2O2/c1-18(2,3)22-17(21)20(4)16-11-10-14(12-15(16)19)13-8-6-5-7-9-13/h5-12H,19H2,1-4H3. The van der Waals surface area contributed by atoms with Crippen LogP contribution in [0.2, 0.25) is 0 Å². The molecule has 2 aromatic rings. The number of nitrogens with zero attached hydrogens (tertiary/aromatic N) is 1. The second kappa shape index (κ2) is 6.10. The van der Waals surface area contributed by atoms with E-state index in [2.05, 4.69) is 0 Å². The molecule has 116 valence electrons. The average Bonchev–Trinajstić information content (AvgIpc) is 2.45. The molecule has 0 saturated carbocycles. The van der Waals surface area contributed by atoms with Gasteiger partial charge in [-0.15, -0.1) is 0 Å². The van der Waals surface area contributed by atoms with E-state index in [1.54, 1.807) is 7.05 Å². The normalized spacial score (nSPS) is 11.1. The van der Waals surface area contributed by atoms with Gasteiger partial charge in [0, 0.05) is 7.05 Å². The van der Waals surface area contributed by atoms with Gasteiger partial charge < -0.3 is 10.5 Å². The molecule has 0 aliphatic rings. The van der Waals surface area contributed by atoms with Gasteiger partial charge in [-0.3, -0.25) is 4.90 Å². The first-order chi connectivity index (χ1) is 10.3. The average molecular weight is 298 g/mol. The van der Waals surface area contributed by atoms with Crippen molar-refractivity contribution in [3.63, 3.8) is 0 Å². The highest BCUT2D eigenvalue weighted by molar-refractivity contribution is 5.92. The third-order valence-corrected chi connectivity index (χ3v) is 3.16. The number of nitrogens with two attached hydrogens (primary N) is 1. The predicted molar refractivity (Wildman–Crippen MR) is 90.9 cm³/mol. The van der Waals surface area contributed by atoms with Gasteiger partial charge in [-0.25, -0.2) is 4.79 Å². The highest BCUT2D eigenvalue weighted by atomic mass is 16.6. The van der Waals surface area contributed by atoms with Gasteiger partial charge in [-0.1, -0.05) is 36.4 Å². The minimum absolute atomic E-state index is 0.424. The Labute approximate surface area is 131 Å². The van der Waals surface area contributed by atoms with Gasteiger partial charge in [-0.05, 0) is 44.0 Å². The first-order valence-electron chi connectivity index (χ1n) is 7.19. The maximum Gasteiger partial charge on any atom is 0.414 e. The first kappa shape index (κ1) is 15.9. The molecule has 2 aromatic carbocycles. The number of hydrogen-bond donors (Lipinski definition) is 1. The molecule has 4 heteroatoms. The van der Waals surface area contributed by atoms with E-state index in [4.69, 9.17) is 10.5 Å². The van der Waals surface area contributed by atoms with Crippen LogP contribution in [0.3, 0.4) is 0 Å². The lowest BCUT2D eigenvalue weighted by Gasteiger charge is -2.25. The minimum atomic E-state index is -0.538. The van der Waals surface area contributed by atoms with Crippen molar-refractivity contribution in [1.29, 1.82) is 0 Å². The molecule has 0 aromatic heterocycles. The van der Waals surface area contributed by atoms with Crippen molar-refractivity contribution in [2.45, 2.75) is 26.4 Å². The Balaban J connectivity index is 2.25. The molecular weight excluding hydrogens is 276 g/mol. The Morgan fingerprint density at radius 3 is 2.23 bits per heavy atom.